The molecule has 0 aliphatic carbocycles. The van der Waals surface area contributed by atoms with Gasteiger partial charge in [-0.05, 0) is 45.0 Å². The van der Waals surface area contributed by atoms with E-state index in [0.29, 0.717) is 15.5 Å². The monoisotopic (exact) mass is 487 g/mol. The Bertz CT molecular complexity index is 910. The van der Waals surface area contributed by atoms with E-state index in [0.717, 1.165) is 14.9 Å². The Morgan fingerprint density at radius 2 is 2.00 bits per heavy atom. The third kappa shape index (κ3) is 5.91. The second-order valence-corrected chi connectivity index (χ2v) is 10.8. The summed E-state index contributed by atoms with van der Waals surface area (Å²) < 4.78 is 21.6. The van der Waals surface area contributed by atoms with Crippen LogP contribution in [0.2, 0.25) is 5.02 Å². The lowest BCUT2D eigenvalue weighted by Gasteiger charge is -2.14. The van der Waals surface area contributed by atoms with E-state index in [4.69, 9.17) is 16.3 Å². The molecule has 0 amide bonds. The number of rotatable bonds is 5. The van der Waals surface area contributed by atoms with Crippen LogP contribution in [0.1, 0.15) is 36.7 Å². The van der Waals surface area contributed by atoms with Crippen LogP contribution in [-0.4, -0.2) is 28.2 Å². The van der Waals surface area contributed by atoms with Crippen LogP contribution in [0.4, 0.5) is 0 Å². The highest BCUT2D eigenvalue weighted by molar-refractivity contribution is 9.10. The molecule has 2 aromatic rings. The van der Waals surface area contributed by atoms with E-state index in [1.807, 2.05) is 32.9 Å². The Morgan fingerprint density at radius 1 is 1.30 bits per heavy atom. The van der Waals surface area contributed by atoms with Gasteiger partial charge in [0.2, 0.25) is 0 Å². The molecule has 0 bridgehead atoms. The molecule has 4 nitrogen and oxygen atoms in total. The summed E-state index contributed by atoms with van der Waals surface area (Å²) >= 11 is 11.2. The second-order valence-electron chi connectivity index (χ2n) is 6.49. The molecule has 0 aliphatic rings. The summed E-state index contributed by atoms with van der Waals surface area (Å²) in [4.78, 5) is 13.5. The van der Waals surface area contributed by atoms with Gasteiger partial charge in [-0.15, -0.1) is 0 Å². The van der Waals surface area contributed by atoms with Crippen molar-refractivity contribution in [2.75, 3.05) is 7.11 Å². The van der Waals surface area contributed by atoms with Crippen LogP contribution in [0.25, 0.3) is 0 Å². The van der Waals surface area contributed by atoms with Gasteiger partial charge in [-0.25, -0.2) is 9.00 Å². The fourth-order valence-electron chi connectivity index (χ4n) is 1.97. The fourth-order valence-corrected chi connectivity index (χ4v) is 4.37. The summed E-state index contributed by atoms with van der Waals surface area (Å²) in [5.74, 6) is -0.430. The Balaban J connectivity index is 2.46. The number of methoxy groups -OCH3 is 1. The molecule has 0 heterocycles. The average molecular weight is 489 g/mol. The van der Waals surface area contributed by atoms with Gasteiger partial charge >= 0.3 is 5.97 Å². The molecule has 0 spiro atoms. The topological polar surface area (TPSA) is 55.7 Å². The first-order valence-corrected chi connectivity index (χ1v) is 11.0. The maximum absolute atomic E-state index is 12.2. The van der Waals surface area contributed by atoms with Crippen LogP contribution >= 0.6 is 39.3 Å². The van der Waals surface area contributed by atoms with Gasteiger partial charge in [0.05, 0.1) is 22.4 Å². The molecule has 2 aromatic carbocycles. The van der Waals surface area contributed by atoms with Gasteiger partial charge in [-0.2, -0.15) is 4.40 Å². The summed E-state index contributed by atoms with van der Waals surface area (Å²) in [6, 6.07) is 10.7. The van der Waals surface area contributed by atoms with Gasteiger partial charge in [0, 0.05) is 26.0 Å². The predicted molar refractivity (Wildman–Crippen MR) is 117 cm³/mol. The molecule has 2 rings (SSSR count). The van der Waals surface area contributed by atoms with Crippen LogP contribution < -0.4 is 0 Å². The van der Waals surface area contributed by atoms with Crippen LogP contribution in [0, 0.1) is 0 Å². The molecule has 0 saturated heterocycles. The van der Waals surface area contributed by atoms with Gasteiger partial charge in [-0.1, -0.05) is 51.4 Å². The Labute approximate surface area is 179 Å². The second kappa shape index (κ2) is 9.37. The lowest BCUT2D eigenvalue weighted by molar-refractivity contribution is 0.0596. The SMILES string of the molecule is COC(=O)c1ccc(Br)cc1Sc1c(Cl)cccc1C=NS(=O)C(C)(C)C. The van der Waals surface area contributed by atoms with Crippen LogP contribution in [0.3, 0.4) is 0 Å². The van der Waals surface area contributed by atoms with Crippen molar-refractivity contribution in [2.24, 2.45) is 4.40 Å². The summed E-state index contributed by atoms with van der Waals surface area (Å²) in [7, 11) is -0.0390. The van der Waals surface area contributed by atoms with Crippen LogP contribution in [0.15, 0.2) is 55.1 Å². The first kappa shape index (κ1) is 22.1. The molecule has 144 valence electrons. The average Bonchev–Trinajstić information content (AvgIpc) is 2.60. The van der Waals surface area contributed by atoms with Crippen molar-refractivity contribution in [3.05, 3.63) is 57.0 Å². The zero-order chi connectivity index (χ0) is 20.2. The number of halogens is 2. The highest BCUT2D eigenvalue weighted by Crippen LogP contribution is 2.38. The molecule has 0 aromatic heterocycles. The van der Waals surface area contributed by atoms with E-state index < -0.39 is 21.7 Å². The van der Waals surface area contributed by atoms with E-state index in [2.05, 4.69) is 20.3 Å². The lowest BCUT2D eigenvalue weighted by atomic mass is 10.2. The Kier molecular flexibility index (Phi) is 7.68. The minimum atomic E-state index is -1.38. The van der Waals surface area contributed by atoms with Gasteiger partial charge < -0.3 is 4.74 Å². The van der Waals surface area contributed by atoms with Crippen molar-refractivity contribution in [1.29, 1.82) is 0 Å². The van der Waals surface area contributed by atoms with Crippen molar-refractivity contribution in [2.45, 2.75) is 35.3 Å². The minimum Gasteiger partial charge on any atom is -0.465 e. The van der Waals surface area contributed by atoms with E-state index in [1.165, 1.54) is 18.9 Å². The third-order valence-electron chi connectivity index (χ3n) is 3.37. The molecule has 1 atom stereocenters. The maximum Gasteiger partial charge on any atom is 0.339 e. The van der Waals surface area contributed by atoms with Crippen LogP contribution in [-0.2, 0) is 15.7 Å². The smallest absolute Gasteiger partial charge is 0.339 e. The largest absolute Gasteiger partial charge is 0.465 e. The number of esters is 1. The summed E-state index contributed by atoms with van der Waals surface area (Å²) in [6.07, 6.45) is 1.56. The third-order valence-corrected chi connectivity index (χ3v) is 6.85. The summed E-state index contributed by atoms with van der Waals surface area (Å²) in [5, 5.41) is 0.515. The highest BCUT2D eigenvalue weighted by atomic mass is 79.9. The lowest BCUT2D eigenvalue weighted by Crippen LogP contribution is -2.19. The first-order valence-electron chi connectivity index (χ1n) is 7.93. The molecule has 0 saturated carbocycles. The number of benzene rings is 2. The van der Waals surface area contributed by atoms with E-state index in [1.54, 1.807) is 30.5 Å². The molecular weight excluding hydrogens is 470 g/mol. The van der Waals surface area contributed by atoms with E-state index >= 15 is 0 Å². The minimum absolute atomic E-state index is 0.430. The Morgan fingerprint density at radius 3 is 2.63 bits per heavy atom. The normalized spacial score (nSPS) is 13.0. The quantitative estimate of drug-likeness (QED) is 0.387. The van der Waals surface area contributed by atoms with E-state index in [-0.39, 0.29) is 0 Å². The van der Waals surface area contributed by atoms with Gasteiger partial charge in [0.15, 0.2) is 0 Å². The Hall–Kier alpha value is -1.15. The predicted octanol–water partition coefficient (Wildman–Crippen LogP) is 5.92. The molecule has 1 unspecified atom stereocenters. The standard InChI is InChI=1S/C19H19BrClNO3S2/c1-19(2,3)27(24)22-11-12-6-5-7-15(21)17(12)26-16-10-13(20)8-9-14(16)18(23)25-4/h5-11H,1-4H3. The highest BCUT2D eigenvalue weighted by Gasteiger charge is 2.19. The first-order chi connectivity index (χ1) is 12.6. The molecule has 27 heavy (non-hydrogen) atoms. The summed E-state index contributed by atoms with van der Waals surface area (Å²) in [6.45, 7) is 5.58. The van der Waals surface area contributed by atoms with E-state index in [9.17, 15) is 9.00 Å². The molecule has 0 fully saturated rings. The van der Waals surface area contributed by atoms with Crippen molar-refractivity contribution in [3.8, 4) is 0 Å². The molecule has 0 radical (unpaired) electrons. The zero-order valence-electron chi connectivity index (χ0n) is 15.3. The molecule has 0 N–H and O–H groups in total. The zero-order valence-corrected chi connectivity index (χ0v) is 19.3. The number of hydrogen-bond acceptors (Lipinski definition) is 4. The molecule has 8 heteroatoms. The van der Waals surface area contributed by atoms with Gasteiger partial charge in [-0.3, -0.25) is 0 Å². The molecule has 0 aliphatic heterocycles. The number of carbonyl (C=O) groups is 1. The number of hydrogen-bond donors (Lipinski definition) is 0. The van der Waals surface area contributed by atoms with Crippen LogP contribution in [0.5, 0.6) is 0 Å². The van der Waals surface area contributed by atoms with Gasteiger partial charge in [0.25, 0.3) is 0 Å². The molecular formula is C19H19BrClNO3S2. The van der Waals surface area contributed by atoms with Crippen molar-refractivity contribution in [1.82, 2.24) is 0 Å². The summed E-state index contributed by atoms with van der Waals surface area (Å²) in [5.41, 5.74) is 1.16. The van der Waals surface area contributed by atoms with Crippen molar-refractivity contribution < 1.29 is 13.7 Å². The maximum atomic E-state index is 12.2. The number of carbonyl (C=O) groups excluding carboxylic acids is 1. The fraction of sp³-hybridized carbons (Fsp3) is 0.263. The number of nitrogens with zero attached hydrogens (tertiary/aromatic N) is 1. The van der Waals surface area contributed by atoms with Crippen molar-refractivity contribution >= 4 is 62.5 Å². The van der Waals surface area contributed by atoms with Crippen molar-refractivity contribution in [3.63, 3.8) is 0 Å². The number of ether oxygens (including phenoxy) is 1. The van der Waals surface area contributed by atoms with Gasteiger partial charge in [0.1, 0.15) is 11.0 Å².